The molecule has 0 bridgehead atoms. The number of likely N-dealkylation sites (tertiary alicyclic amines) is 1. The lowest BCUT2D eigenvalue weighted by Gasteiger charge is -2.16. The molecular formula is C17H19NO4. The quantitative estimate of drug-likeness (QED) is 0.845. The van der Waals surface area contributed by atoms with Gasteiger partial charge in [-0.1, -0.05) is 6.07 Å². The maximum absolute atomic E-state index is 11.9. The van der Waals surface area contributed by atoms with Gasteiger partial charge in [0.15, 0.2) is 5.43 Å². The van der Waals surface area contributed by atoms with Gasteiger partial charge < -0.3 is 14.1 Å². The first-order valence-corrected chi connectivity index (χ1v) is 7.44. The number of hydrogen-bond donors (Lipinski definition) is 0. The average Bonchev–Trinajstić information content (AvgIpc) is 2.85. The zero-order valence-electron chi connectivity index (χ0n) is 12.6. The fraction of sp³-hybridized carbons (Fsp3) is 0.412. The summed E-state index contributed by atoms with van der Waals surface area (Å²) in [6, 6.07) is 7.07. The Morgan fingerprint density at radius 3 is 3.00 bits per heavy atom. The molecule has 0 aliphatic carbocycles. The van der Waals surface area contributed by atoms with E-state index in [1.807, 2.05) is 17.0 Å². The van der Waals surface area contributed by atoms with Crippen molar-refractivity contribution in [2.75, 3.05) is 26.8 Å². The van der Waals surface area contributed by atoms with E-state index < -0.39 is 0 Å². The number of hydrogen-bond acceptors (Lipinski definition) is 4. The van der Waals surface area contributed by atoms with Crippen LogP contribution in [0.2, 0.25) is 0 Å². The molecule has 2 aromatic rings. The lowest BCUT2D eigenvalue weighted by atomic mass is 9.98. The number of fused-ring (bicyclic) bond motifs is 1. The number of amides is 1. The second-order valence-corrected chi connectivity index (χ2v) is 5.72. The van der Waals surface area contributed by atoms with Crippen LogP contribution in [0.5, 0.6) is 0 Å². The number of nitrogens with zero attached hydrogens (tertiary/aromatic N) is 1. The van der Waals surface area contributed by atoms with Crippen molar-refractivity contribution in [3.05, 3.63) is 46.3 Å². The Bertz CT molecular complexity index is 737. The van der Waals surface area contributed by atoms with Gasteiger partial charge in [0, 0.05) is 32.7 Å². The Morgan fingerprint density at radius 2 is 2.18 bits per heavy atom. The van der Waals surface area contributed by atoms with Crippen molar-refractivity contribution in [3.8, 4) is 0 Å². The van der Waals surface area contributed by atoms with Crippen LogP contribution < -0.4 is 5.43 Å². The largest absolute Gasteiger partial charge is 0.464 e. The van der Waals surface area contributed by atoms with E-state index in [0.717, 1.165) is 18.5 Å². The highest BCUT2D eigenvalue weighted by Gasteiger charge is 2.29. The van der Waals surface area contributed by atoms with Gasteiger partial charge in [-0.3, -0.25) is 9.59 Å². The van der Waals surface area contributed by atoms with E-state index in [1.165, 1.54) is 12.3 Å². The summed E-state index contributed by atoms with van der Waals surface area (Å²) in [4.78, 5) is 25.5. The van der Waals surface area contributed by atoms with Crippen molar-refractivity contribution < 1.29 is 13.9 Å². The molecule has 1 amide bonds. The van der Waals surface area contributed by atoms with Crippen LogP contribution in [-0.4, -0.2) is 37.6 Å². The van der Waals surface area contributed by atoms with Crippen molar-refractivity contribution in [2.24, 2.45) is 5.92 Å². The Kier molecular flexibility index (Phi) is 4.24. The van der Waals surface area contributed by atoms with E-state index in [1.54, 1.807) is 13.2 Å². The first-order valence-electron chi connectivity index (χ1n) is 7.44. The average molecular weight is 301 g/mol. The summed E-state index contributed by atoms with van der Waals surface area (Å²) in [6.45, 7) is 1.98. The summed E-state index contributed by atoms with van der Waals surface area (Å²) in [6.07, 6.45) is 2.80. The Morgan fingerprint density at radius 1 is 1.32 bits per heavy atom. The van der Waals surface area contributed by atoms with Crippen LogP contribution in [0.15, 0.2) is 39.7 Å². The molecule has 5 heteroatoms. The Labute approximate surface area is 128 Å². The van der Waals surface area contributed by atoms with E-state index in [9.17, 15) is 9.59 Å². The number of ether oxygens (including phenoxy) is 1. The monoisotopic (exact) mass is 301 g/mol. The third-order valence-electron chi connectivity index (χ3n) is 4.11. The first kappa shape index (κ1) is 14.8. The minimum atomic E-state index is -0.0328. The van der Waals surface area contributed by atoms with Gasteiger partial charge in [0.05, 0.1) is 18.3 Å². The number of methoxy groups -OCH3 is 1. The van der Waals surface area contributed by atoms with Gasteiger partial charge in [0.25, 0.3) is 0 Å². The molecule has 5 nitrogen and oxygen atoms in total. The molecule has 1 atom stereocenters. The summed E-state index contributed by atoms with van der Waals surface area (Å²) in [7, 11) is 1.64. The highest BCUT2D eigenvalue weighted by atomic mass is 16.5. The minimum absolute atomic E-state index is 0.0328. The molecule has 0 spiro atoms. The predicted octanol–water partition coefficient (Wildman–Crippen LogP) is 1.83. The molecule has 2 heterocycles. The first-order chi connectivity index (χ1) is 10.7. The lowest BCUT2D eigenvalue weighted by Crippen LogP contribution is -2.28. The third kappa shape index (κ3) is 3.04. The van der Waals surface area contributed by atoms with Gasteiger partial charge in [0.2, 0.25) is 5.91 Å². The molecule has 1 saturated heterocycles. The molecule has 1 aliphatic rings. The van der Waals surface area contributed by atoms with E-state index in [0.29, 0.717) is 36.5 Å². The maximum atomic E-state index is 11.9. The standard InChI is InChI=1S/C17H19NO4/c1-21-7-5-18-11-13(10-17(18)20)8-12-2-3-14-15(19)4-6-22-16(14)9-12/h2-4,6,9,13H,5,7-8,10-11H2,1H3/t13-/m1/s1. The summed E-state index contributed by atoms with van der Waals surface area (Å²) in [5.74, 6) is 0.492. The molecule has 0 saturated carbocycles. The maximum Gasteiger partial charge on any atom is 0.223 e. The second-order valence-electron chi connectivity index (χ2n) is 5.72. The van der Waals surface area contributed by atoms with Crippen molar-refractivity contribution in [1.82, 2.24) is 4.90 Å². The summed E-state index contributed by atoms with van der Waals surface area (Å²) in [5.41, 5.74) is 1.66. The molecule has 1 fully saturated rings. The SMILES string of the molecule is COCCN1C[C@H](Cc2ccc3c(=O)ccoc3c2)CC1=O. The number of carbonyl (C=O) groups excluding carboxylic acids is 1. The fourth-order valence-corrected chi connectivity index (χ4v) is 3.00. The van der Waals surface area contributed by atoms with Gasteiger partial charge >= 0.3 is 0 Å². The summed E-state index contributed by atoms with van der Waals surface area (Å²) < 4.78 is 10.4. The van der Waals surface area contributed by atoms with Crippen LogP contribution in [0.1, 0.15) is 12.0 Å². The van der Waals surface area contributed by atoms with Crippen molar-refractivity contribution in [1.29, 1.82) is 0 Å². The normalized spacial score (nSPS) is 18.3. The lowest BCUT2D eigenvalue weighted by molar-refractivity contribution is -0.128. The van der Waals surface area contributed by atoms with Gasteiger partial charge in [-0.2, -0.15) is 0 Å². The highest BCUT2D eigenvalue weighted by molar-refractivity contribution is 5.79. The van der Waals surface area contributed by atoms with Crippen LogP contribution in [0.4, 0.5) is 0 Å². The van der Waals surface area contributed by atoms with Crippen LogP contribution in [0.25, 0.3) is 11.0 Å². The molecule has 0 N–H and O–H groups in total. The minimum Gasteiger partial charge on any atom is -0.464 e. The number of benzene rings is 1. The Hall–Kier alpha value is -2.14. The van der Waals surface area contributed by atoms with Crippen LogP contribution >= 0.6 is 0 Å². The highest BCUT2D eigenvalue weighted by Crippen LogP contribution is 2.23. The molecule has 1 aromatic carbocycles. The fourth-order valence-electron chi connectivity index (χ4n) is 3.00. The van der Waals surface area contributed by atoms with Gasteiger partial charge in [-0.15, -0.1) is 0 Å². The molecule has 0 unspecified atom stereocenters. The van der Waals surface area contributed by atoms with Gasteiger partial charge in [-0.25, -0.2) is 0 Å². The second kappa shape index (κ2) is 6.32. The van der Waals surface area contributed by atoms with Crippen molar-refractivity contribution >= 4 is 16.9 Å². The molecule has 1 aromatic heterocycles. The molecule has 0 radical (unpaired) electrons. The summed E-state index contributed by atoms with van der Waals surface area (Å²) >= 11 is 0. The van der Waals surface area contributed by atoms with E-state index in [2.05, 4.69) is 0 Å². The third-order valence-corrected chi connectivity index (χ3v) is 4.11. The smallest absolute Gasteiger partial charge is 0.223 e. The molecule has 1 aliphatic heterocycles. The van der Waals surface area contributed by atoms with Crippen molar-refractivity contribution in [3.63, 3.8) is 0 Å². The van der Waals surface area contributed by atoms with E-state index in [-0.39, 0.29) is 11.3 Å². The van der Waals surface area contributed by atoms with Crippen LogP contribution in [0, 0.1) is 5.92 Å². The molecule has 116 valence electrons. The molecule has 22 heavy (non-hydrogen) atoms. The predicted molar refractivity (Wildman–Crippen MR) is 82.8 cm³/mol. The number of carbonyl (C=O) groups is 1. The topological polar surface area (TPSA) is 59.8 Å². The molecule has 3 rings (SSSR count). The zero-order valence-corrected chi connectivity index (χ0v) is 12.6. The van der Waals surface area contributed by atoms with E-state index in [4.69, 9.17) is 9.15 Å². The Balaban J connectivity index is 1.71. The number of rotatable bonds is 5. The van der Waals surface area contributed by atoms with E-state index >= 15 is 0 Å². The van der Waals surface area contributed by atoms with Crippen molar-refractivity contribution in [2.45, 2.75) is 12.8 Å². The van der Waals surface area contributed by atoms with Crippen LogP contribution in [-0.2, 0) is 16.0 Å². The van der Waals surface area contributed by atoms with Gasteiger partial charge in [-0.05, 0) is 30.0 Å². The summed E-state index contributed by atoms with van der Waals surface area (Å²) in [5, 5.41) is 0.593. The molecular weight excluding hydrogens is 282 g/mol. The zero-order chi connectivity index (χ0) is 15.5. The van der Waals surface area contributed by atoms with Gasteiger partial charge in [0.1, 0.15) is 5.58 Å². The van der Waals surface area contributed by atoms with Crippen LogP contribution in [0.3, 0.4) is 0 Å².